The van der Waals surface area contributed by atoms with Gasteiger partial charge in [0.1, 0.15) is 12.4 Å². The molecular formula is C10H14N2O3. The first-order chi connectivity index (χ1) is 7.29. The number of ether oxygens (including phenoxy) is 2. The van der Waals surface area contributed by atoms with Crippen molar-refractivity contribution in [1.29, 1.82) is 0 Å². The Bertz CT molecular complexity index is 382. The second kappa shape index (κ2) is 4.55. The van der Waals surface area contributed by atoms with E-state index in [-0.39, 0.29) is 11.7 Å². The maximum atomic E-state index is 11.3. The van der Waals surface area contributed by atoms with Gasteiger partial charge >= 0.3 is 0 Å². The lowest BCUT2D eigenvalue weighted by atomic mass is 10.2. The molecule has 0 bridgehead atoms. The third-order valence-corrected chi connectivity index (χ3v) is 2.35. The predicted octanol–water partition coefficient (Wildman–Crippen LogP) is 0.768. The highest BCUT2D eigenvalue weighted by Crippen LogP contribution is 2.25. The number of aromatic amines is 1. The van der Waals surface area contributed by atoms with Crippen LogP contribution in [0.2, 0.25) is 0 Å². The normalized spacial score (nSPS) is 20.7. The van der Waals surface area contributed by atoms with E-state index in [0.717, 1.165) is 19.4 Å². The Labute approximate surface area is 87.4 Å². The van der Waals surface area contributed by atoms with Gasteiger partial charge < -0.3 is 14.5 Å². The third-order valence-electron chi connectivity index (χ3n) is 2.35. The maximum absolute atomic E-state index is 11.3. The molecule has 0 amide bonds. The molecule has 0 aliphatic carbocycles. The fourth-order valence-electron chi connectivity index (χ4n) is 1.71. The maximum Gasteiger partial charge on any atom is 0.251 e. The molecule has 1 saturated heterocycles. The van der Waals surface area contributed by atoms with Crippen molar-refractivity contribution in [3.8, 4) is 0 Å². The molecule has 0 spiro atoms. The van der Waals surface area contributed by atoms with Crippen molar-refractivity contribution in [2.75, 3.05) is 13.7 Å². The van der Waals surface area contributed by atoms with Gasteiger partial charge in [0.05, 0.1) is 11.8 Å². The fraction of sp³-hybridized carbons (Fsp3) is 0.600. The lowest BCUT2D eigenvalue weighted by molar-refractivity contribution is 0.107. The molecule has 0 aromatic carbocycles. The molecule has 1 N–H and O–H groups in total. The minimum Gasteiger partial charge on any atom is -0.377 e. The number of nitrogens with zero attached hydrogens (tertiary/aromatic N) is 1. The van der Waals surface area contributed by atoms with Gasteiger partial charge in [0.15, 0.2) is 0 Å². The molecule has 0 radical (unpaired) electrons. The Morgan fingerprint density at radius 2 is 2.60 bits per heavy atom. The van der Waals surface area contributed by atoms with Crippen molar-refractivity contribution >= 4 is 0 Å². The number of aromatic nitrogens is 2. The topological polar surface area (TPSA) is 64.2 Å². The van der Waals surface area contributed by atoms with Crippen molar-refractivity contribution in [3.63, 3.8) is 0 Å². The van der Waals surface area contributed by atoms with Crippen LogP contribution in [0.4, 0.5) is 0 Å². The molecule has 1 aromatic rings. The minimum atomic E-state index is -0.150. The molecule has 5 nitrogen and oxygen atoms in total. The van der Waals surface area contributed by atoms with E-state index in [2.05, 4.69) is 9.97 Å². The predicted molar refractivity (Wildman–Crippen MR) is 53.5 cm³/mol. The van der Waals surface area contributed by atoms with E-state index in [9.17, 15) is 4.79 Å². The quantitative estimate of drug-likeness (QED) is 0.800. The fourth-order valence-corrected chi connectivity index (χ4v) is 1.71. The van der Waals surface area contributed by atoms with Crippen molar-refractivity contribution in [1.82, 2.24) is 9.97 Å². The van der Waals surface area contributed by atoms with E-state index in [1.54, 1.807) is 7.11 Å². The van der Waals surface area contributed by atoms with Gasteiger partial charge in [-0.2, -0.15) is 0 Å². The average molecular weight is 210 g/mol. The number of hydrogen-bond acceptors (Lipinski definition) is 4. The van der Waals surface area contributed by atoms with Gasteiger partial charge in [-0.05, 0) is 12.8 Å². The molecule has 0 saturated carbocycles. The number of rotatable bonds is 3. The summed E-state index contributed by atoms with van der Waals surface area (Å²) in [6.45, 7) is 1.06. The Morgan fingerprint density at radius 3 is 3.27 bits per heavy atom. The van der Waals surface area contributed by atoms with Crippen LogP contribution in [0.25, 0.3) is 0 Å². The van der Waals surface area contributed by atoms with E-state index in [0.29, 0.717) is 18.1 Å². The van der Waals surface area contributed by atoms with Gasteiger partial charge in [-0.1, -0.05) is 0 Å². The summed E-state index contributed by atoms with van der Waals surface area (Å²) in [4.78, 5) is 18.3. The molecule has 82 valence electrons. The molecule has 1 atom stereocenters. The highest BCUT2D eigenvalue weighted by Gasteiger charge is 2.19. The van der Waals surface area contributed by atoms with Gasteiger partial charge in [0.25, 0.3) is 5.56 Å². The summed E-state index contributed by atoms with van der Waals surface area (Å²) in [6, 6.07) is 1.50. The van der Waals surface area contributed by atoms with E-state index in [1.807, 2.05) is 0 Å². The van der Waals surface area contributed by atoms with Crippen LogP contribution in [-0.2, 0) is 16.1 Å². The summed E-state index contributed by atoms with van der Waals surface area (Å²) in [7, 11) is 1.57. The van der Waals surface area contributed by atoms with Crippen LogP contribution in [0.1, 0.15) is 30.5 Å². The van der Waals surface area contributed by atoms with Crippen LogP contribution in [0.3, 0.4) is 0 Å². The van der Waals surface area contributed by atoms with Crippen molar-refractivity contribution in [2.45, 2.75) is 25.6 Å². The van der Waals surface area contributed by atoms with Gasteiger partial charge in [-0.15, -0.1) is 0 Å². The van der Waals surface area contributed by atoms with Gasteiger partial charge in [-0.3, -0.25) is 4.79 Å². The Morgan fingerprint density at radius 1 is 1.73 bits per heavy atom. The van der Waals surface area contributed by atoms with Gasteiger partial charge in [0, 0.05) is 19.8 Å². The first-order valence-electron chi connectivity index (χ1n) is 5.00. The summed E-state index contributed by atoms with van der Waals surface area (Å²) in [5, 5.41) is 0. The number of nitrogens with one attached hydrogen (secondary N) is 1. The Balaban J connectivity index is 2.26. The minimum absolute atomic E-state index is 0.0251. The molecule has 5 heteroatoms. The molecule has 15 heavy (non-hydrogen) atoms. The number of hydrogen-bond donors (Lipinski definition) is 1. The molecule has 2 rings (SSSR count). The summed E-state index contributed by atoms with van der Waals surface area (Å²) in [5.41, 5.74) is 0.561. The van der Waals surface area contributed by atoms with Crippen LogP contribution in [0, 0.1) is 0 Å². The highest BCUT2D eigenvalue weighted by atomic mass is 16.5. The van der Waals surface area contributed by atoms with Crippen LogP contribution in [0.15, 0.2) is 10.9 Å². The summed E-state index contributed by atoms with van der Waals surface area (Å²) >= 11 is 0. The van der Waals surface area contributed by atoms with E-state index in [1.165, 1.54) is 6.07 Å². The smallest absolute Gasteiger partial charge is 0.251 e. The zero-order chi connectivity index (χ0) is 10.7. The Kier molecular flexibility index (Phi) is 3.13. The third kappa shape index (κ3) is 2.43. The van der Waals surface area contributed by atoms with Crippen molar-refractivity contribution in [3.05, 3.63) is 27.9 Å². The lowest BCUT2D eigenvalue weighted by Crippen LogP contribution is -2.15. The molecular weight excluding hydrogens is 196 g/mol. The molecule has 0 unspecified atom stereocenters. The summed E-state index contributed by atoms with van der Waals surface area (Å²) in [5.74, 6) is 0.551. The second-order valence-electron chi connectivity index (χ2n) is 3.55. The zero-order valence-electron chi connectivity index (χ0n) is 8.66. The standard InChI is InChI=1S/C10H14N2O3/c1-14-6-9-11-7(5-10(13)12-9)8-3-2-4-15-8/h5,8H,2-4,6H2,1H3,(H,11,12,13)/t8-/m1/s1. The van der Waals surface area contributed by atoms with E-state index >= 15 is 0 Å². The molecule has 1 aliphatic heterocycles. The van der Waals surface area contributed by atoms with Gasteiger partial charge in [0.2, 0.25) is 0 Å². The van der Waals surface area contributed by atoms with Crippen LogP contribution < -0.4 is 5.56 Å². The zero-order valence-corrected chi connectivity index (χ0v) is 8.66. The van der Waals surface area contributed by atoms with E-state index < -0.39 is 0 Å². The first kappa shape index (κ1) is 10.3. The van der Waals surface area contributed by atoms with Gasteiger partial charge in [-0.25, -0.2) is 4.98 Å². The van der Waals surface area contributed by atoms with Crippen molar-refractivity contribution < 1.29 is 9.47 Å². The van der Waals surface area contributed by atoms with Crippen LogP contribution >= 0.6 is 0 Å². The van der Waals surface area contributed by atoms with Crippen LogP contribution in [-0.4, -0.2) is 23.7 Å². The lowest BCUT2D eigenvalue weighted by Gasteiger charge is -2.09. The molecule has 1 aromatic heterocycles. The second-order valence-corrected chi connectivity index (χ2v) is 3.55. The monoisotopic (exact) mass is 210 g/mol. The highest BCUT2D eigenvalue weighted by molar-refractivity contribution is 5.07. The summed E-state index contributed by atoms with van der Waals surface area (Å²) in [6.07, 6.45) is 1.93. The molecule has 1 aliphatic rings. The SMILES string of the molecule is COCc1nc([C@H]2CCCO2)cc(=O)[nH]1. The summed E-state index contributed by atoms with van der Waals surface area (Å²) < 4.78 is 10.4. The largest absolute Gasteiger partial charge is 0.377 e. The van der Waals surface area contributed by atoms with Crippen molar-refractivity contribution in [2.24, 2.45) is 0 Å². The van der Waals surface area contributed by atoms with Crippen LogP contribution in [0.5, 0.6) is 0 Å². The van der Waals surface area contributed by atoms with E-state index in [4.69, 9.17) is 9.47 Å². The average Bonchev–Trinajstić information content (AvgIpc) is 2.70. The number of H-pyrrole nitrogens is 1. The molecule has 1 fully saturated rings. The first-order valence-corrected chi connectivity index (χ1v) is 5.00. The molecule has 2 heterocycles. The Hall–Kier alpha value is -1.20. The number of methoxy groups -OCH3 is 1.